The number of thioether (sulfide) groups is 1. The van der Waals surface area contributed by atoms with Crippen molar-refractivity contribution >= 4 is 39.3 Å². The molecule has 0 saturated carbocycles. The normalized spacial score (nSPS) is 16.3. The number of piperazine rings is 1. The Bertz CT molecular complexity index is 1140. The molecule has 6 nitrogen and oxygen atoms in total. The fourth-order valence-corrected chi connectivity index (χ4v) is 5.18. The molecule has 1 N–H and O–H groups in total. The van der Waals surface area contributed by atoms with Gasteiger partial charge in [0, 0.05) is 6.54 Å². The van der Waals surface area contributed by atoms with Crippen LogP contribution in [0.25, 0.3) is 21.7 Å². The molecular formula is C23H29N4O2S+. The zero-order chi connectivity index (χ0) is 21.3. The van der Waals surface area contributed by atoms with Crippen LogP contribution >= 0.6 is 11.8 Å². The van der Waals surface area contributed by atoms with Crippen LogP contribution in [0.3, 0.4) is 0 Å². The fraction of sp³-hybridized carbons (Fsp3) is 0.435. The highest BCUT2D eigenvalue weighted by molar-refractivity contribution is 8.00. The highest BCUT2D eigenvalue weighted by atomic mass is 32.2. The third-order valence-corrected chi connectivity index (χ3v) is 7.09. The van der Waals surface area contributed by atoms with Gasteiger partial charge in [0.2, 0.25) is 5.91 Å². The standard InChI is InChI=1S/C23H28N4O2S/c1-4-25-10-12-26(13-11-25)21(28)16(3)30-23-24-20-15-18-9-7-6-8-17(18)14-19(20)22(29)27(23)5-2/h6-9,14-16H,4-5,10-13H2,1-3H3/p+1/t16-/m0/s1. The Kier molecular flexibility index (Phi) is 6.11. The van der Waals surface area contributed by atoms with Crippen molar-refractivity contribution in [1.29, 1.82) is 0 Å². The van der Waals surface area contributed by atoms with Gasteiger partial charge in [-0.2, -0.15) is 0 Å². The second-order valence-electron chi connectivity index (χ2n) is 7.85. The van der Waals surface area contributed by atoms with Crippen LogP contribution in [0, 0.1) is 0 Å². The van der Waals surface area contributed by atoms with Crippen molar-refractivity contribution in [2.24, 2.45) is 0 Å². The molecule has 2 heterocycles. The third kappa shape index (κ3) is 3.96. The molecule has 30 heavy (non-hydrogen) atoms. The minimum Gasteiger partial charge on any atom is -0.332 e. The zero-order valence-electron chi connectivity index (χ0n) is 17.9. The van der Waals surface area contributed by atoms with E-state index in [-0.39, 0.29) is 16.7 Å². The summed E-state index contributed by atoms with van der Waals surface area (Å²) in [4.78, 5) is 34.5. The van der Waals surface area contributed by atoms with Gasteiger partial charge in [0.25, 0.3) is 5.56 Å². The number of nitrogens with zero attached hydrogens (tertiary/aromatic N) is 3. The summed E-state index contributed by atoms with van der Waals surface area (Å²) in [6, 6.07) is 11.9. The van der Waals surface area contributed by atoms with E-state index in [1.807, 2.05) is 55.1 Å². The maximum absolute atomic E-state index is 13.2. The van der Waals surface area contributed by atoms with E-state index in [0.29, 0.717) is 22.6 Å². The van der Waals surface area contributed by atoms with Crippen molar-refractivity contribution in [2.45, 2.75) is 37.7 Å². The van der Waals surface area contributed by atoms with Gasteiger partial charge in [-0.25, -0.2) is 4.98 Å². The number of carbonyl (C=O) groups is 1. The molecule has 0 unspecified atom stereocenters. The highest BCUT2D eigenvalue weighted by Gasteiger charge is 2.28. The molecular weight excluding hydrogens is 396 g/mol. The molecule has 1 aliphatic heterocycles. The Morgan fingerprint density at radius 2 is 1.83 bits per heavy atom. The molecule has 0 aliphatic carbocycles. The summed E-state index contributed by atoms with van der Waals surface area (Å²) < 4.78 is 1.69. The van der Waals surface area contributed by atoms with Crippen LogP contribution in [0.4, 0.5) is 0 Å². The Morgan fingerprint density at radius 1 is 1.17 bits per heavy atom. The summed E-state index contributed by atoms with van der Waals surface area (Å²) in [5.41, 5.74) is 0.640. The number of rotatable bonds is 5. The second-order valence-corrected chi connectivity index (χ2v) is 9.16. The molecule has 1 amide bonds. The molecule has 3 aromatic rings. The number of hydrogen-bond acceptors (Lipinski definition) is 4. The molecule has 1 fully saturated rings. The van der Waals surface area contributed by atoms with E-state index >= 15 is 0 Å². The number of hydrogen-bond donors (Lipinski definition) is 1. The number of likely N-dealkylation sites (N-methyl/N-ethyl adjacent to an activating group) is 1. The van der Waals surface area contributed by atoms with Gasteiger partial charge in [0.1, 0.15) is 0 Å². The number of aromatic nitrogens is 2. The number of fused-ring (bicyclic) bond motifs is 2. The Hall–Kier alpha value is -2.38. The first-order chi connectivity index (χ1) is 14.5. The van der Waals surface area contributed by atoms with Gasteiger partial charge in [-0.3, -0.25) is 14.2 Å². The molecule has 1 aromatic heterocycles. The molecule has 0 spiro atoms. The SMILES string of the molecule is CCn1c(S[C@@H](C)C(=O)N2CC[NH+](CC)CC2)nc2cc3ccccc3cc2c1=O. The van der Waals surface area contributed by atoms with Gasteiger partial charge >= 0.3 is 0 Å². The lowest BCUT2D eigenvalue weighted by Crippen LogP contribution is -3.14. The molecule has 158 valence electrons. The number of quaternary nitrogens is 1. The van der Waals surface area contributed by atoms with Gasteiger partial charge in [-0.1, -0.05) is 36.0 Å². The maximum atomic E-state index is 13.2. The fourth-order valence-electron chi connectivity index (χ4n) is 4.12. The lowest BCUT2D eigenvalue weighted by molar-refractivity contribution is -0.902. The summed E-state index contributed by atoms with van der Waals surface area (Å²) >= 11 is 1.39. The van der Waals surface area contributed by atoms with Crippen molar-refractivity contribution in [2.75, 3.05) is 32.7 Å². The van der Waals surface area contributed by atoms with Gasteiger partial charge in [-0.15, -0.1) is 0 Å². The van der Waals surface area contributed by atoms with Gasteiger partial charge in [0.15, 0.2) is 5.16 Å². The molecule has 1 aliphatic rings. The van der Waals surface area contributed by atoms with Crippen molar-refractivity contribution < 1.29 is 9.69 Å². The summed E-state index contributed by atoms with van der Waals surface area (Å²) in [5, 5.41) is 3.05. The average molecular weight is 426 g/mol. The zero-order valence-corrected chi connectivity index (χ0v) is 18.7. The third-order valence-electron chi connectivity index (χ3n) is 6.01. The van der Waals surface area contributed by atoms with Crippen molar-refractivity contribution in [3.05, 3.63) is 46.8 Å². The predicted octanol–water partition coefficient (Wildman–Crippen LogP) is 1.80. The number of carbonyl (C=O) groups excluding carboxylic acids is 1. The molecule has 2 aromatic carbocycles. The number of amides is 1. The van der Waals surface area contributed by atoms with Crippen LogP contribution in [-0.2, 0) is 11.3 Å². The average Bonchev–Trinajstić information content (AvgIpc) is 2.78. The van der Waals surface area contributed by atoms with Crippen LogP contribution in [-0.4, -0.2) is 58.3 Å². The Morgan fingerprint density at radius 3 is 2.47 bits per heavy atom. The minimum atomic E-state index is -0.282. The van der Waals surface area contributed by atoms with E-state index in [4.69, 9.17) is 4.98 Å². The lowest BCUT2D eigenvalue weighted by Gasteiger charge is -2.33. The largest absolute Gasteiger partial charge is 0.332 e. The van der Waals surface area contributed by atoms with E-state index in [2.05, 4.69) is 6.92 Å². The highest BCUT2D eigenvalue weighted by Crippen LogP contribution is 2.26. The quantitative estimate of drug-likeness (QED) is 0.385. The summed E-state index contributed by atoms with van der Waals surface area (Å²) in [7, 11) is 0. The first-order valence-corrected chi connectivity index (χ1v) is 11.6. The van der Waals surface area contributed by atoms with Gasteiger partial charge in [-0.05, 0) is 43.7 Å². The second kappa shape index (κ2) is 8.78. The molecule has 4 rings (SSSR count). The molecule has 1 atom stereocenters. The first kappa shape index (κ1) is 20.9. The Labute approximate surface area is 180 Å². The molecule has 1 saturated heterocycles. The van der Waals surface area contributed by atoms with Crippen LogP contribution in [0.15, 0.2) is 46.3 Å². The van der Waals surface area contributed by atoms with Crippen molar-refractivity contribution in [3.63, 3.8) is 0 Å². The van der Waals surface area contributed by atoms with Crippen LogP contribution in [0.2, 0.25) is 0 Å². The van der Waals surface area contributed by atoms with Crippen molar-refractivity contribution in [1.82, 2.24) is 14.5 Å². The summed E-state index contributed by atoms with van der Waals surface area (Å²) in [5.74, 6) is 0.130. The monoisotopic (exact) mass is 425 g/mol. The van der Waals surface area contributed by atoms with E-state index in [1.54, 1.807) is 9.47 Å². The topological polar surface area (TPSA) is 59.6 Å². The predicted molar refractivity (Wildman–Crippen MR) is 122 cm³/mol. The summed E-state index contributed by atoms with van der Waals surface area (Å²) in [6.45, 7) is 11.3. The molecule has 7 heteroatoms. The maximum Gasteiger partial charge on any atom is 0.262 e. The Balaban J connectivity index is 1.63. The van der Waals surface area contributed by atoms with Crippen LogP contribution in [0.5, 0.6) is 0 Å². The van der Waals surface area contributed by atoms with Crippen LogP contribution in [0.1, 0.15) is 20.8 Å². The number of benzene rings is 2. The van der Waals surface area contributed by atoms with E-state index in [9.17, 15) is 9.59 Å². The number of nitrogens with one attached hydrogen (secondary N) is 1. The van der Waals surface area contributed by atoms with E-state index in [0.717, 1.165) is 43.5 Å². The minimum absolute atomic E-state index is 0.0458. The van der Waals surface area contributed by atoms with Gasteiger partial charge < -0.3 is 9.80 Å². The first-order valence-electron chi connectivity index (χ1n) is 10.7. The molecule has 0 bridgehead atoms. The summed E-state index contributed by atoms with van der Waals surface area (Å²) in [6.07, 6.45) is 0. The molecule has 0 radical (unpaired) electrons. The van der Waals surface area contributed by atoms with Crippen LogP contribution < -0.4 is 10.5 Å². The van der Waals surface area contributed by atoms with E-state index < -0.39 is 0 Å². The smallest absolute Gasteiger partial charge is 0.262 e. The van der Waals surface area contributed by atoms with Gasteiger partial charge in [0.05, 0.1) is 48.9 Å². The lowest BCUT2D eigenvalue weighted by atomic mass is 10.1. The van der Waals surface area contributed by atoms with E-state index in [1.165, 1.54) is 11.8 Å². The van der Waals surface area contributed by atoms with Crippen molar-refractivity contribution in [3.8, 4) is 0 Å².